The number of carbonyl (C=O) groups is 3. The molecule has 1 aliphatic heterocycles. The van der Waals surface area contributed by atoms with Crippen LogP contribution >= 0.6 is 0 Å². The van der Waals surface area contributed by atoms with Crippen molar-refractivity contribution in [3.8, 4) is 5.75 Å². The summed E-state index contributed by atoms with van der Waals surface area (Å²) in [6, 6.07) is 6.54. The second kappa shape index (κ2) is 6.74. The maximum Gasteiger partial charge on any atom is 0.343 e. The Balaban J connectivity index is 1.72. The number of carboxylic acids is 1. The molecule has 1 aliphatic carbocycles. The number of esters is 1. The number of carbonyl (C=O) groups excluding carboxylic acids is 2. The quantitative estimate of drug-likeness (QED) is 0.813. The van der Waals surface area contributed by atoms with Crippen LogP contribution in [-0.4, -0.2) is 54.7 Å². The number of carboxylic acid groups (broad SMARTS) is 1. The standard InChI is InChI=1S/C18H21NO6/c1-24-15(20)10-25-14-6-2-4-12(8-14)16(21)19-9-13-5-3-7-18(13,11-19)17(22)23/h2,4,6,8,13H,3,5,7,9-11H2,1H3,(H,22,23)/t13-,18+/m0/s1. The molecule has 1 aromatic rings. The molecule has 0 unspecified atom stereocenters. The highest BCUT2D eigenvalue weighted by Crippen LogP contribution is 2.49. The summed E-state index contributed by atoms with van der Waals surface area (Å²) in [4.78, 5) is 37.3. The molecule has 2 fully saturated rings. The van der Waals surface area contributed by atoms with Gasteiger partial charge in [-0.3, -0.25) is 9.59 Å². The number of ether oxygens (including phenoxy) is 2. The molecule has 7 nitrogen and oxygen atoms in total. The molecule has 1 saturated heterocycles. The highest BCUT2D eigenvalue weighted by atomic mass is 16.6. The Hall–Kier alpha value is -2.57. The number of aliphatic carboxylic acids is 1. The molecule has 2 atom stereocenters. The highest BCUT2D eigenvalue weighted by molar-refractivity contribution is 5.95. The van der Waals surface area contributed by atoms with Crippen LogP contribution in [0.25, 0.3) is 0 Å². The number of fused-ring (bicyclic) bond motifs is 1. The largest absolute Gasteiger partial charge is 0.482 e. The first-order chi connectivity index (χ1) is 12.0. The van der Waals surface area contributed by atoms with Gasteiger partial charge in [0.1, 0.15) is 5.75 Å². The number of hydrogen-bond acceptors (Lipinski definition) is 5. The van der Waals surface area contributed by atoms with Gasteiger partial charge in [0.05, 0.1) is 12.5 Å². The zero-order valence-electron chi connectivity index (χ0n) is 14.1. The molecule has 1 amide bonds. The smallest absolute Gasteiger partial charge is 0.343 e. The summed E-state index contributed by atoms with van der Waals surface area (Å²) < 4.78 is 9.82. The maximum absolute atomic E-state index is 12.8. The summed E-state index contributed by atoms with van der Waals surface area (Å²) in [7, 11) is 1.27. The topological polar surface area (TPSA) is 93.1 Å². The van der Waals surface area contributed by atoms with Crippen molar-refractivity contribution >= 4 is 17.8 Å². The zero-order chi connectivity index (χ0) is 18.0. The summed E-state index contributed by atoms with van der Waals surface area (Å²) in [5, 5.41) is 9.63. The molecule has 1 saturated carbocycles. The van der Waals surface area contributed by atoms with Gasteiger partial charge in [-0.15, -0.1) is 0 Å². The van der Waals surface area contributed by atoms with E-state index in [0.717, 1.165) is 12.8 Å². The van der Waals surface area contributed by atoms with E-state index in [9.17, 15) is 19.5 Å². The van der Waals surface area contributed by atoms with Crippen molar-refractivity contribution in [2.45, 2.75) is 19.3 Å². The van der Waals surface area contributed by atoms with Gasteiger partial charge in [-0.05, 0) is 37.0 Å². The van der Waals surface area contributed by atoms with Crippen LogP contribution in [0.3, 0.4) is 0 Å². The second-order valence-electron chi connectivity index (χ2n) is 6.63. The SMILES string of the molecule is COC(=O)COc1cccc(C(=O)N2C[C@@H]3CCC[C@@]3(C(=O)O)C2)c1. The van der Waals surface area contributed by atoms with E-state index in [4.69, 9.17) is 4.74 Å². The normalized spacial score (nSPS) is 24.7. The van der Waals surface area contributed by atoms with Gasteiger partial charge in [-0.25, -0.2) is 4.79 Å². The lowest BCUT2D eigenvalue weighted by molar-refractivity contribution is -0.149. The zero-order valence-corrected chi connectivity index (χ0v) is 14.1. The van der Waals surface area contributed by atoms with Crippen LogP contribution in [0.5, 0.6) is 5.75 Å². The molecular formula is C18H21NO6. The molecule has 3 rings (SSSR count). The lowest BCUT2D eigenvalue weighted by Gasteiger charge is -2.23. The Morgan fingerprint density at radius 1 is 1.36 bits per heavy atom. The lowest BCUT2D eigenvalue weighted by atomic mass is 9.81. The fraction of sp³-hybridized carbons (Fsp3) is 0.500. The number of rotatable bonds is 5. The van der Waals surface area contributed by atoms with Crippen molar-refractivity contribution in [3.63, 3.8) is 0 Å². The summed E-state index contributed by atoms with van der Waals surface area (Å²) in [6.07, 6.45) is 2.37. The minimum atomic E-state index is -0.805. The summed E-state index contributed by atoms with van der Waals surface area (Å²) >= 11 is 0. The maximum atomic E-state index is 12.8. The van der Waals surface area contributed by atoms with Crippen LogP contribution in [0.15, 0.2) is 24.3 Å². The molecule has 0 aromatic heterocycles. The third-order valence-electron chi connectivity index (χ3n) is 5.25. The second-order valence-corrected chi connectivity index (χ2v) is 6.63. The lowest BCUT2D eigenvalue weighted by Crippen LogP contribution is -2.37. The minimum Gasteiger partial charge on any atom is -0.482 e. The van der Waals surface area contributed by atoms with Crippen LogP contribution in [0.1, 0.15) is 29.6 Å². The van der Waals surface area contributed by atoms with E-state index >= 15 is 0 Å². The van der Waals surface area contributed by atoms with Crippen molar-refractivity contribution in [1.29, 1.82) is 0 Å². The third kappa shape index (κ3) is 3.18. The average molecular weight is 347 g/mol. The van der Waals surface area contributed by atoms with E-state index in [1.807, 2.05) is 0 Å². The Morgan fingerprint density at radius 2 is 2.16 bits per heavy atom. The first-order valence-electron chi connectivity index (χ1n) is 8.28. The highest BCUT2D eigenvalue weighted by Gasteiger charge is 2.55. The van der Waals surface area contributed by atoms with Gasteiger partial charge in [-0.1, -0.05) is 12.5 Å². The molecule has 134 valence electrons. The van der Waals surface area contributed by atoms with Gasteiger partial charge in [0, 0.05) is 18.7 Å². The minimum absolute atomic E-state index is 0.0210. The Labute approximate surface area is 145 Å². The predicted molar refractivity (Wildman–Crippen MR) is 87.3 cm³/mol. The predicted octanol–water partition coefficient (Wildman–Crippen LogP) is 1.57. The Morgan fingerprint density at radius 3 is 2.84 bits per heavy atom. The van der Waals surface area contributed by atoms with Gasteiger partial charge < -0.3 is 19.5 Å². The molecule has 7 heteroatoms. The fourth-order valence-corrected chi connectivity index (χ4v) is 3.90. The summed E-state index contributed by atoms with van der Waals surface area (Å²) in [5.41, 5.74) is -0.378. The van der Waals surface area contributed by atoms with E-state index in [2.05, 4.69) is 4.74 Å². The van der Waals surface area contributed by atoms with Gasteiger partial charge in [0.2, 0.25) is 0 Å². The van der Waals surface area contributed by atoms with Crippen molar-refractivity contribution < 1.29 is 29.0 Å². The van der Waals surface area contributed by atoms with E-state index < -0.39 is 17.4 Å². The molecular weight excluding hydrogens is 326 g/mol. The molecule has 0 spiro atoms. The van der Waals surface area contributed by atoms with Crippen molar-refractivity contribution in [2.75, 3.05) is 26.8 Å². The van der Waals surface area contributed by atoms with Gasteiger partial charge in [0.15, 0.2) is 6.61 Å². The number of benzene rings is 1. The summed E-state index contributed by atoms with van der Waals surface area (Å²) in [5.74, 6) is -1.11. The Bertz CT molecular complexity index is 703. The number of methoxy groups -OCH3 is 1. The number of nitrogens with zero attached hydrogens (tertiary/aromatic N) is 1. The summed E-state index contributed by atoms with van der Waals surface area (Å²) in [6.45, 7) is 0.486. The number of likely N-dealkylation sites (tertiary alicyclic amines) is 1. The monoisotopic (exact) mass is 347 g/mol. The molecule has 25 heavy (non-hydrogen) atoms. The van der Waals surface area contributed by atoms with E-state index in [-0.39, 0.29) is 25.0 Å². The molecule has 1 aromatic carbocycles. The van der Waals surface area contributed by atoms with Crippen LogP contribution in [0, 0.1) is 11.3 Å². The van der Waals surface area contributed by atoms with Crippen LogP contribution in [0.2, 0.25) is 0 Å². The molecule has 0 bridgehead atoms. The molecule has 1 N–H and O–H groups in total. The fourth-order valence-electron chi connectivity index (χ4n) is 3.90. The van der Waals surface area contributed by atoms with Gasteiger partial charge in [-0.2, -0.15) is 0 Å². The third-order valence-corrected chi connectivity index (χ3v) is 5.25. The number of hydrogen-bond donors (Lipinski definition) is 1. The van der Waals surface area contributed by atoms with E-state index in [1.165, 1.54) is 7.11 Å². The van der Waals surface area contributed by atoms with Gasteiger partial charge in [0.25, 0.3) is 5.91 Å². The average Bonchev–Trinajstić information content (AvgIpc) is 3.17. The van der Waals surface area contributed by atoms with Crippen LogP contribution in [-0.2, 0) is 14.3 Å². The van der Waals surface area contributed by atoms with Crippen LogP contribution < -0.4 is 4.74 Å². The molecule has 0 radical (unpaired) electrons. The van der Waals surface area contributed by atoms with E-state index in [1.54, 1.807) is 29.2 Å². The molecule has 2 aliphatic rings. The molecule has 1 heterocycles. The van der Waals surface area contributed by atoms with E-state index in [0.29, 0.717) is 24.3 Å². The first kappa shape index (κ1) is 17.3. The number of amides is 1. The van der Waals surface area contributed by atoms with Crippen molar-refractivity contribution in [2.24, 2.45) is 11.3 Å². The van der Waals surface area contributed by atoms with Crippen molar-refractivity contribution in [3.05, 3.63) is 29.8 Å². The first-order valence-corrected chi connectivity index (χ1v) is 8.28. The van der Waals surface area contributed by atoms with Crippen molar-refractivity contribution in [1.82, 2.24) is 4.90 Å². The Kier molecular flexibility index (Phi) is 4.65. The van der Waals surface area contributed by atoms with Gasteiger partial charge >= 0.3 is 11.9 Å². The van der Waals surface area contributed by atoms with Crippen LogP contribution in [0.4, 0.5) is 0 Å².